The summed E-state index contributed by atoms with van der Waals surface area (Å²) in [5, 5.41) is 11.8. The topological polar surface area (TPSA) is 54.3 Å². The van der Waals surface area contributed by atoms with Gasteiger partial charge in [-0.25, -0.2) is 0 Å². The summed E-state index contributed by atoms with van der Waals surface area (Å²) >= 11 is 0. The molecule has 0 heterocycles. The zero-order chi connectivity index (χ0) is 14.9. The molecule has 0 aliphatic carbocycles. The molecule has 0 bridgehead atoms. The Kier molecular flexibility index (Phi) is 5.62. The van der Waals surface area contributed by atoms with Gasteiger partial charge in [-0.2, -0.15) is 5.26 Å². The van der Waals surface area contributed by atoms with Crippen molar-refractivity contribution in [2.75, 3.05) is 13.7 Å². The first-order valence-corrected chi connectivity index (χ1v) is 6.74. The third-order valence-corrected chi connectivity index (χ3v) is 3.04. The van der Waals surface area contributed by atoms with Gasteiger partial charge < -0.3 is 14.8 Å². The van der Waals surface area contributed by atoms with Crippen molar-refractivity contribution in [2.24, 2.45) is 0 Å². The average Bonchev–Trinajstić information content (AvgIpc) is 2.55. The molecule has 0 amide bonds. The van der Waals surface area contributed by atoms with Gasteiger partial charge in [-0.1, -0.05) is 24.3 Å². The Hall–Kier alpha value is -2.51. The SMILES string of the molecule is COc1ccc(CNCc2ccc(OCC#N)cc2)cc1. The maximum absolute atomic E-state index is 8.45. The lowest BCUT2D eigenvalue weighted by Crippen LogP contribution is -2.12. The van der Waals surface area contributed by atoms with E-state index in [2.05, 4.69) is 5.32 Å². The van der Waals surface area contributed by atoms with E-state index in [1.54, 1.807) is 7.11 Å². The number of hydrogen-bond acceptors (Lipinski definition) is 4. The number of rotatable bonds is 7. The molecule has 2 rings (SSSR count). The summed E-state index contributed by atoms with van der Waals surface area (Å²) < 4.78 is 10.3. The monoisotopic (exact) mass is 282 g/mol. The predicted octanol–water partition coefficient (Wildman–Crippen LogP) is 2.89. The van der Waals surface area contributed by atoms with Gasteiger partial charge in [0.25, 0.3) is 0 Å². The minimum Gasteiger partial charge on any atom is -0.497 e. The lowest BCUT2D eigenvalue weighted by atomic mass is 10.2. The second kappa shape index (κ2) is 7.93. The molecular weight excluding hydrogens is 264 g/mol. The van der Waals surface area contributed by atoms with Gasteiger partial charge in [-0.3, -0.25) is 0 Å². The molecule has 4 nitrogen and oxygen atoms in total. The molecule has 21 heavy (non-hydrogen) atoms. The second-order valence-electron chi connectivity index (χ2n) is 4.54. The number of nitriles is 1. The molecular formula is C17H18N2O2. The maximum Gasteiger partial charge on any atom is 0.174 e. The molecule has 0 saturated carbocycles. The van der Waals surface area contributed by atoms with Crippen molar-refractivity contribution < 1.29 is 9.47 Å². The maximum atomic E-state index is 8.45. The normalized spacial score (nSPS) is 9.90. The molecule has 1 N–H and O–H groups in total. The van der Waals surface area contributed by atoms with Crippen LogP contribution < -0.4 is 14.8 Å². The summed E-state index contributed by atoms with van der Waals surface area (Å²) in [6, 6.07) is 17.7. The molecule has 0 atom stereocenters. The van der Waals surface area contributed by atoms with Gasteiger partial charge in [0.05, 0.1) is 7.11 Å². The minimum absolute atomic E-state index is 0.0784. The van der Waals surface area contributed by atoms with E-state index in [0.29, 0.717) is 0 Å². The summed E-state index contributed by atoms with van der Waals surface area (Å²) in [6.07, 6.45) is 0. The minimum atomic E-state index is 0.0784. The van der Waals surface area contributed by atoms with Crippen molar-refractivity contribution in [3.8, 4) is 17.6 Å². The van der Waals surface area contributed by atoms with Gasteiger partial charge in [-0.05, 0) is 35.4 Å². The molecule has 2 aromatic rings. The Bertz CT molecular complexity index is 586. The van der Waals surface area contributed by atoms with Crippen molar-refractivity contribution in [3.63, 3.8) is 0 Å². The summed E-state index contributed by atoms with van der Waals surface area (Å²) in [5.74, 6) is 1.59. The highest BCUT2D eigenvalue weighted by molar-refractivity contribution is 5.28. The number of nitrogens with one attached hydrogen (secondary N) is 1. The van der Waals surface area contributed by atoms with Crippen molar-refractivity contribution in [2.45, 2.75) is 13.1 Å². The van der Waals surface area contributed by atoms with E-state index in [1.807, 2.05) is 54.6 Å². The Balaban J connectivity index is 1.78. The van der Waals surface area contributed by atoms with Gasteiger partial charge in [0, 0.05) is 13.1 Å². The molecule has 0 fully saturated rings. The first-order chi connectivity index (χ1) is 10.3. The first-order valence-electron chi connectivity index (χ1n) is 6.74. The summed E-state index contributed by atoms with van der Waals surface area (Å²) in [6.45, 7) is 1.66. The Labute approximate surface area is 124 Å². The molecule has 2 aromatic carbocycles. The summed E-state index contributed by atoms with van der Waals surface area (Å²) in [4.78, 5) is 0. The number of methoxy groups -OCH3 is 1. The zero-order valence-electron chi connectivity index (χ0n) is 12.0. The summed E-state index contributed by atoms with van der Waals surface area (Å²) in [5.41, 5.74) is 2.39. The third kappa shape index (κ3) is 4.83. The molecule has 0 saturated heterocycles. The molecule has 0 aliphatic heterocycles. The van der Waals surface area contributed by atoms with E-state index >= 15 is 0 Å². The second-order valence-corrected chi connectivity index (χ2v) is 4.54. The fraction of sp³-hybridized carbons (Fsp3) is 0.235. The largest absolute Gasteiger partial charge is 0.497 e. The standard InChI is InChI=1S/C17H18N2O2/c1-20-16-6-2-14(3-7-16)12-19-13-15-4-8-17(9-5-15)21-11-10-18/h2-9,19H,11-13H2,1H3. The number of ether oxygens (including phenoxy) is 2. The van der Waals surface area contributed by atoms with Crippen LogP contribution in [-0.2, 0) is 13.1 Å². The highest BCUT2D eigenvalue weighted by atomic mass is 16.5. The number of hydrogen-bond donors (Lipinski definition) is 1. The van der Waals surface area contributed by atoms with Crippen LogP contribution >= 0.6 is 0 Å². The molecule has 108 valence electrons. The number of benzene rings is 2. The molecule has 0 spiro atoms. The van der Waals surface area contributed by atoms with Crippen molar-refractivity contribution >= 4 is 0 Å². The Morgan fingerprint density at radius 1 is 0.905 bits per heavy atom. The van der Waals surface area contributed by atoms with Crippen LogP contribution in [0.15, 0.2) is 48.5 Å². The van der Waals surface area contributed by atoms with E-state index in [0.717, 1.165) is 24.6 Å². The van der Waals surface area contributed by atoms with Crippen molar-refractivity contribution in [1.82, 2.24) is 5.32 Å². The van der Waals surface area contributed by atoms with Gasteiger partial charge in [0.15, 0.2) is 6.61 Å². The van der Waals surface area contributed by atoms with E-state index in [4.69, 9.17) is 14.7 Å². The third-order valence-electron chi connectivity index (χ3n) is 3.04. The fourth-order valence-electron chi connectivity index (χ4n) is 1.91. The van der Waals surface area contributed by atoms with Crippen LogP contribution in [-0.4, -0.2) is 13.7 Å². The van der Waals surface area contributed by atoms with E-state index in [1.165, 1.54) is 11.1 Å². The van der Waals surface area contributed by atoms with E-state index in [-0.39, 0.29) is 6.61 Å². The molecule has 0 radical (unpaired) electrons. The number of nitrogens with zero attached hydrogens (tertiary/aromatic N) is 1. The fourth-order valence-corrected chi connectivity index (χ4v) is 1.91. The highest BCUT2D eigenvalue weighted by Gasteiger charge is 1.97. The van der Waals surface area contributed by atoms with Gasteiger partial charge in [0.1, 0.15) is 17.6 Å². The first kappa shape index (κ1) is 14.9. The van der Waals surface area contributed by atoms with Crippen molar-refractivity contribution in [3.05, 3.63) is 59.7 Å². The van der Waals surface area contributed by atoms with Crippen LogP contribution in [0.5, 0.6) is 11.5 Å². The summed E-state index contributed by atoms with van der Waals surface area (Å²) in [7, 11) is 1.66. The van der Waals surface area contributed by atoms with Crippen LogP contribution in [0.4, 0.5) is 0 Å². The quantitative estimate of drug-likeness (QED) is 0.848. The van der Waals surface area contributed by atoms with Crippen molar-refractivity contribution in [1.29, 1.82) is 5.26 Å². The van der Waals surface area contributed by atoms with Gasteiger partial charge in [-0.15, -0.1) is 0 Å². The highest BCUT2D eigenvalue weighted by Crippen LogP contribution is 2.13. The van der Waals surface area contributed by atoms with Gasteiger partial charge >= 0.3 is 0 Å². The lowest BCUT2D eigenvalue weighted by molar-refractivity contribution is 0.368. The van der Waals surface area contributed by atoms with E-state index < -0.39 is 0 Å². The molecule has 0 unspecified atom stereocenters. The van der Waals surface area contributed by atoms with Crippen LogP contribution in [0.1, 0.15) is 11.1 Å². The van der Waals surface area contributed by atoms with Crippen LogP contribution in [0.25, 0.3) is 0 Å². The van der Waals surface area contributed by atoms with Crippen LogP contribution in [0, 0.1) is 11.3 Å². The molecule has 0 aromatic heterocycles. The van der Waals surface area contributed by atoms with E-state index in [9.17, 15) is 0 Å². The Morgan fingerprint density at radius 3 is 1.90 bits per heavy atom. The Morgan fingerprint density at radius 2 is 1.43 bits per heavy atom. The van der Waals surface area contributed by atoms with Crippen LogP contribution in [0.2, 0.25) is 0 Å². The smallest absolute Gasteiger partial charge is 0.174 e. The lowest BCUT2D eigenvalue weighted by Gasteiger charge is -2.07. The van der Waals surface area contributed by atoms with Gasteiger partial charge in [0.2, 0.25) is 0 Å². The molecule has 0 aliphatic rings. The zero-order valence-corrected chi connectivity index (χ0v) is 12.0. The average molecular weight is 282 g/mol. The molecule has 4 heteroatoms. The predicted molar refractivity (Wildman–Crippen MR) is 81.1 cm³/mol. The van der Waals surface area contributed by atoms with Crippen LogP contribution in [0.3, 0.4) is 0 Å².